The summed E-state index contributed by atoms with van der Waals surface area (Å²) in [5.74, 6) is 0. The molecule has 60 valence electrons. The number of nitroso groups, excluding NO2 is 1. The Labute approximate surface area is 63.0 Å². The van der Waals surface area contributed by atoms with Crippen LogP contribution in [0.2, 0.25) is 0 Å². The molecular formula is C8H17NO. The summed E-state index contributed by atoms with van der Waals surface area (Å²) in [6.45, 7) is 8.20. The third-order valence-electron chi connectivity index (χ3n) is 2.78. The van der Waals surface area contributed by atoms with E-state index in [4.69, 9.17) is 0 Å². The van der Waals surface area contributed by atoms with Crippen molar-refractivity contribution < 1.29 is 0 Å². The molecule has 0 aliphatic rings. The van der Waals surface area contributed by atoms with E-state index < -0.39 is 0 Å². The monoisotopic (exact) mass is 143 g/mol. The van der Waals surface area contributed by atoms with Crippen LogP contribution in [0.5, 0.6) is 0 Å². The molecule has 1 atom stereocenters. The van der Waals surface area contributed by atoms with Crippen LogP contribution in [0, 0.1) is 10.3 Å². The summed E-state index contributed by atoms with van der Waals surface area (Å²) in [7, 11) is 0. The predicted molar refractivity (Wildman–Crippen MR) is 43.9 cm³/mol. The van der Waals surface area contributed by atoms with Gasteiger partial charge in [-0.25, -0.2) is 0 Å². The number of nitrogens with zero attached hydrogens (tertiary/aromatic N) is 1. The quantitative estimate of drug-likeness (QED) is 0.556. The second kappa shape index (κ2) is 3.69. The highest BCUT2D eigenvalue weighted by atomic mass is 16.3. The summed E-state index contributed by atoms with van der Waals surface area (Å²) < 4.78 is 0. The minimum absolute atomic E-state index is 0.0532. The Morgan fingerprint density at radius 2 is 1.80 bits per heavy atom. The maximum Gasteiger partial charge on any atom is 0.0944 e. The van der Waals surface area contributed by atoms with Gasteiger partial charge in [-0.15, -0.1) is 0 Å². The Bertz CT molecular complexity index is 108. The van der Waals surface area contributed by atoms with E-state index >= 15 is 0 Å². The minimum atomic E-state index is -0.0532. The van der Waals surface area contributed by atoms with Crippen LogP contribution >= 0.6 is 0 Å². The summed E-state index contributed by atoms with van der Waals surface area (Å²) >= 11 is 0. The molecule has 1 unspecified atom stereocenters. The summed E-state index contributed by atoms with van der Waals surface area (Å²) in [5, 5.41) is 3.05. The van der Waals surface area contributed by atoms with Gasteiger partial charge in [0.05, 0.1) is 6.04 Å². The molecule has 0 spiro atoms. The van der Waals surface area contributed by atoms with E-state index in [-0.39, 0.29) is 11.5 Å². The molecule has 0 aliphatic carbocycles. The molecule has 0 radical (unpaired) electrons. The Morgan fingerprint density at radius 3 is 1.90 bits per heavy atom. The van der Waals surface area contributed by atoms with Crippen LogP contribution < -0.4 is 0 Å². The smallest absolute Gasteiger partial charge is 0.0944 e. The van der Waals surface area contributed by atoms with Gasteiger partial charge in [0.2, 0.25) is 0 Å². The molecule has 0 aromatic heterocycles. The Kier molecular flexibility index (Phi) is 3.54. The molecule has 2 nitrogen and oxygen atoms in total. The molecule has 0 N–H and O–H groups in total. The summed E-state index contributed by atoms with van der Waals surface area (Å²) in [4.78, 5) is 10.2. The van der Waals surface area contributed by atoms with Crippen molar-refractivity contribution in [1.82, 2.24) is 0 Å². The van der Waals surface area contributed by atoms with Crippen molar-refractivity contribution in [1.29, 1.82) is 0 Å². The van der Waals surface area contributed by atoms with Crippen molar-refractivity contribution in [2.45, 2.75) is 46.6 Å². The fraction of sp³-hybridized carbons (Fsp3) is 1.00. The largest absolute Gasteiger partial charge is 0.151 e. The topological polar surface area (TPSA) is 29.4 Å². The Balaban J connectivity index is 4.15. The van der Waals surface area contributed by atoms with Gasteiger partial charge >= 0.3 is 0 Å². The van der Waals surface area contributed by atoms with Gasteiger partial charge in [-0.05, 0) is 25.2 Å². The van der Waals surface area contributed by atoms with Crippen LogP contribution in [0.15, 0.2) is 5.18 Å². The van der Waals surface area contributed by atoms with Gasteiger partial charge in [0, 0.05) is 0 Å². The Morgan fingerprint density at radius 1 is 1.40 bits per heavy atom. The first-order chi connectivity index (χ1) is 4.60. The molecule has 0 saturated heterocycles. The fourth-order valence-corrected chi connectivity index (χ4v) is 0.968. The maximum atomic E-state index is 10.2. The average molecular weight is 143 g/mol. The highest BCUT2D eigenvalue weighted by Crippen LogP contribution is 2.31. The van der Waals surface area contributed by atoms with Gasteiger partial charge in [0.1, 0.15) is 0 Å². The zero-order valence-electron chi connectivity index (χ0n) is 7.35. The molecular weight excluding hydrogens is 126 g/mol. The second-order valence-corrected chi connectivity index (χ2v) is 3.14. The molecule has 2 heteroatoms. The van der Waals surface area contributed by atoms with Crippen molar-refractivity contribution in [3.63, 3.8) is 0 Å². The number of hydrogen-bond donors (Lipinski definition) is 0. The SMILES string of the molecule is CCC(C)(CC)C(C)N=O. The van der Waals surface area contributed by atoms with Crippen LogP contribution in [0.1, 0.15) is 40.5 Å². The van der Waals surface area contributed by atoms with Gasteiger partial charge in [-0.2, -0.15) is 4.91 Å². The van der Waals surface area contributed by atoms with E-state index in [0.29, 0.717) is 0 Å². The van der Waals surface area contributed by atoms with Crippen LogP contribution in [0.25, 0.3) is 0 Å². The lowest BCUT2D eigenvalue weighted by atomic mass is 9.79. The van der Waals surface area contributed by atoms with Gasteiger partial charge in [0.15, 0.2) is 0 Å². The zero-order chi connectivity index (χ0) is 8.20. The highest BCUT2D eigenvalue weighted by molar-refractivity contribution is 4.81. The lowest BCUT2D eigenvalue weighted by Gasteiger charge is -2.28. The lowest BCUT2D eigenvalue weighted by Crippen LogP contribution is -2.26. The van der Waals surface area contributed by atoms with Gasteiger partial charge < -0.3 is 0 Å². The molecule has 0 aromatic carbocycles. The highest BCUT2D eigenvalue weighted by Gasteiger charge is 2.27. The molecule has 0 heterocycles. The molecule has 0 rings (SSSR count). The van der Waals surface area contributed by atoms with Crippen molar-refractivity contribution in [2.75, 3.05) is 0 Å². The van der Waals surface area contributed by atoms with E-state index in [2.05, 4.69) is 25.9 Å². The first-order valence-electron chi connectivity index (χ1n) is 3.93. The molecule has 0 bridgehead atoms. The molecule has 10 heavy (non-hydrogen) atoms. The van der Waals surface area contributed by atoms with Crippen molar-refractivity contribution in [2.24, 2.45) is 10.6 Å². The average Bonchev–Trinajstić information content (AvgIpc) is 2.01. The minimum Gasteiger partial charge on any atom is -0.151 e. The summed E-state index contributed by atoms with van der Waals surface area (Å²) in [6, 6.07) is -0.0532. The predicted octanol–water partition coefficient (Wildman–Crippen LogP) is 2.97. The van der Waals surface area contributed by atoms with Crippen LogP contribution in [-0.4, -0.2) is 6.04 Å². The van der Waals surface area contributed by atoms with Crippen LogP contribution in [-0.2, 0) is 0 Å². The number of rotatable bonds is 4. The van der Waals surface area contributed by atoms with Crippen molar-refractivity contribution >= 4 is 0 Å². The van der Waals surface area contributed by atoms with E-state index in [1.165, 1.54) is 0 Å². The first-order valence-corrected chi connectivity index (χ1v) is 3.93. The third kappa shape index (κ3) is 1.79. The number of hydrogen-bond acceptors (Lipinski definition) is 2. The Hall–Kier alpha value is -0.400. The van der Waals surface area contributed by atoms with E-state index in [1.807, 2.05) is 6.92 Å². The first kappa shape index (κ1) is 9.60. The van der Waals surface area contributed by atoms with E-state index in [0.717, 1.165) is 12.8 Å². The van der Waals surface area contributed by atoms with Crippen LogP contribution in [0.4, 0.5) is 0 Å². The molecule has 0 amide bonds. The summed E-state index contributed by atoms with van der Waals surface area (Å²) in [6.07, 6.45) is 2.05. The van der Waals surface area contributed by atoms with Crippen molar-refractivity contribution in [3.05, 3.63) is 4.91 Å². The normalized spacial score (nSPS) is 14.8. The standard InChI is InChI=1S/C8H17NO/c1-5-8(4,6-2)7(3)9-10/h7H,5-6H2,1-4H3. The van der Waals surface area contributed by atoms with Crippen molar-refractivity contribution in [3.8, 4) is 0 Å². The molecule has 0 saturated carbocycles. The van der Waals surface area contributed by atoms with E-state index in [9.17, 15) is 4.91 Å². The summed E-state index contributed by atoms with van der Waals surface area (Å²) in [5.41, 5.74) is 0.113. The fourth-order valence-electron chi connectivity index (χ4n) is 0.968. The van der Waals surface area contributed by atoms with Gasteiger partial charge in [0.25, 0.3) is 0 Å². The molecule has 0 aliphatic heterocycles. The van der Waals surface area contributed by atoms with Gasteiger partial charge in [-0.1, -0.05) is 25.9 Å². The third-order valence-corrected chi connectivity index (χ3v) is 2.78. The van der Waals surface area contributed by atoms with Gasteiger partial charge in [-0.3, -0.25) is 0 Å². The van der Waals surface area contributed by atoms with Crippen LogP contribution in [0.3, 0.4) is 0 Å². The molecule has 0 aromatic rings. The zero-order valence-corrected chi connectivity index (χ0v) is 7.35. The second-order valence-electron chi connectivity index (χ2n) is 3.14. The lowest BCUT2D eigenvalue weighted by molar-refractivity contribution is 0.245. The van der Waals surface area contributed by atoms with E-state index in [1.54, 1.807) is 0 Å². The molecule has 0 fully saturated rings. The maximum absolute atomic E-state index is 10.2.